The monoisotopic (exact) mass is 273 g/mol. The van der Waals surface area contributed by atoms with Crippen molar-refractivity contribution in [2.75, 3.05) is 5.73 Å². The first-order chi connectivity index (χ1) is 8.84. The van der Waals surface area contributed by atoms with Crippen LogP contribution >= 0.6 is 0 Å². The Balaban J connectivity index is 2.45. The highest BCUT2D eigenvalue weighted by Crippen LogP contribution is 2.30. The van der Waals surface area contributed by atoms with Crippen LogP contribution in [0.1, 0.15) is 24.6 Å². The number of hydrogen-bond donors (Lipinski definition) is 1. The van der Waals surface area contributed by atoms with Gasteiger partial charge in [-0.25, -0.2) is 9.36 Å². The molecule has 19 heavy (non-hydrogen) atoms. The van der Waals surface area contributed by atoms with Gasteiger partial charge in [-0.2, -0.15) is 23.4 Å². The maximum Gasteiger partial charge on any atom is 0.419 e. The molecular formula is C11H14F3N5. The number of aromatic nitrogens is 4. The maximum absolute atomic E-state index is 12.5. The van der Waals surface area contributed by atoms with E-state index < -0.39 is 11.7 Å². The number of alkyl halides is 3. The third-order valence-corrected chi connectivity index (χ3v) is 2.74. The standard InChI is InChI=1S/C11H14F3N5/c1-3-4-8-9(15)10(18(2)17-8)19-6-7(5-16-19)11(12,13)14/h5-6H,3-4,15H2,1-2H3. The summed E-state index contributed by atoms with van der Waals surface area (Å²) in [6, 6.07) is 0. The number of nitrogens with two attached hydrogens (primary N) is 1. The second kappa shape index (κ2) is 4.60. The number of nitrogens with zero attached hydrogens (tertiary/aromatic N) is 4. The summed E-state index contributed by atoms with van der Waals surface area (Å²) in [5.74, 6) is 0.346. The molecule has 0 saturated carbocycles. The van der Waals surface area contributed by atoms with Gasteiger partial charge in [0, 0.05) is 13.2 Å². The summed E-state index contributed by atoms with van der Waals surface area (Å²) in [5.41, 5.74) is 6.13. The summed E-state index contributed by atoms with van der Waals surface area (Å²) in [4.78, 5) is 0. The molecule has 2 aromatic rings. The zero-order valence-electron chi connectivity index (χ0n) is 10.6. The van der Waals surface area contributed by atoms with Crippen LogP contribution in [0.5, 0.6) is 0 Å². The quantitative estimate of drug-likeness (QED) is 0.932. The van der Waals surface area contributed by atoms with Crippen molar-refractivity contribution in [3.05, 3.63) is 23.7 Å². The molecule has 0 saturated heterocycles. The number of anilines is 1. The van der Waals surface area contributed by atoms with Gasteiger partial charge in [-0.3, -0.25) is 0 Å². The molecule has 5 nitrogen and oxygen atoms in total. The van der Waals surface area contributed by atoms with Crippen LogP contribution in [0.4, 0.5) is 18.9 Å². The van der Waals surface area contributed by atoms with E-state index in [2.05, 4.69) is 10.2 Å². The fourth-order valence-corrected chi connectivity index (χ4v) is 1.86. The molecule has 0 aliphatic rings. The van der Waals surface area contributed by atoms with E-state index in [1.807, 2.05) is 6.92 Å². The molecule has 2 aromatic heterocycles. The van der Waals surface area contributed by atoms with Gasteiger partial charge in [0.25, 0.3) is 0 Å². The topological polar surface area (TPSA) is 61.7 Å². The Morgan fingerprint density at radius 3 is 2.58 bits per heavy atom. The summed E-state index contributed by atoms with van der Waals surface area (Å²) < 4.78 is 40.2. The first-order valence-corrected chi connectivity index (χ1v) is 5.78. The fourth-order valence-electron chi connectivity index (χ4n) is 1.86. The highest BCUT2D eigenvalue weighted by molar-refractivity contribution is 5.57. The molecule has 0 aliphatic carbocycles. The van der Waals surface area contributed by atoms with Gasteiger partial charge in [-0.15, -0.1) is 0 Å². The molecule has 0 bridgehead atoms. The molecular weight excluding hydrogens is 259 g/mol. The van der Waals surface area contributed by atoms with Crippen molar-refractivity contribution in [3.8, 4) is 5.82 Å². The summed E-state index contributed by atoms with van der Waals surface area (Å²) in [6.45, 7) is 1.98. The van der Waals surface area contributed by atoms with E-state index in [0.717, 1.165) is 23.5 Å². The Labute approximate surface area is 107 Å². The van der Waals surface area contributed by atoms with Gasteiger partial charge in [0.15, 0.2) is 5.82 Å². The number of aryl methyl sites for hydroxylation is 2. The van der Waals surface area contributed by atoms with Crippen LogP contribution in [0.2, 0.25) is 0 Å². The van der Waals surface area contributed by atoms with Crippen LogP contribution in [-0.2, 0) is 19.6 Å². The number of halogens is 3. The third kappa shape index (κ3) is 2.42. The molecule has 8 heteroatoms. The van der Waals surface area contributed by atoms with Crippen LogP contribution in [0.15, 0.2) is 12.4 Å². The zero-order valence-corrected chi connectivity index (χ0v) is 10.6. The second-order valence-electron chi connectivity index (χ2n) is 4.23. The summed E-state index contributed by atoms with van der Waals surface area (Å²) in [6.07, 6.45) is -1.21. The normalized spacial score (nSPS) is 12.1. The lowest BCUT2D eigenvalue weighted by Crippen LogP contribution is -2.06. The van der Waals surface area contributed by atoms with Crippen molar-refractivity contribution >= 4 is 5.69 Å². The van der Waals surface area contributed by atoms with Crippen LogP contribution in [-0.4, -0.2) is 19.6 Å². The summed E-state index contributed by atoms with van der Waals surface area (Å²) in [7, 11) is 1.62. The molecule has 0 unspecified atom stereocenters. The molecule has 104 valence electrons. The Hall–Kier alpha value is -1.99. The zero-order chi connectivity index (χ0) is 14.2. The number of rotatable bonds is 3. The third-order valence-electron chi connectivity index (χ3n) is 2.74. The Morgan fingerprint density at radius 1 is 1.37 bits per heavy atom. The van der Waals surface area contributed by atoms with Gasteiger partial charge >= 0.3 is 6.18 Å². The molecule has 0 amide bonds. The molecule has 0 aliphatic heterocycles. The van der Waals surface area contributed by atoms with Crippen molar-refractivity contribution in [2.45, 2.75) is 25.9 Å². The van der Waals surface area contributed by atoms with Crippen molar-refractivity contribution in [3.63, 3.8) is 0 Å². The average Bonchev–Trinajstić information content (AvgIpc) is 2.85. The fraction of sp³-hybridized carbons (Fsp3) is 0.455. The number of nitrogen functional groups attached to an aromatic ring is 1. The minimum absolute atomic E-state index is 0.346. The van der Waals surface area contributed by atoms with Gasteiger partial charge in [-0.05, 0) is 6.42 Å². The largest absolute Gasteiger partial charge is 0.419 e. The van der Waals surface area contributed by atoms with Crippen molar-refractivity contribution in [2.24, 2.45) is 7.05 Å². The van der Waals surface area contributed by atoms with E-state index in [-0.39, 0.29) is 0 Å². The first kappa shape index (κ1) is 13.4. The van der Waals surface area contributed by atoms with E-state index in [1.165, 1.54) is 4.68 Å². The van der Waals surface area contributed by atoms with E-state index >= 15 is 0 Å². The first-order valence-electron chi connectivity index (χ1n) is 5.78. The number of hydrogen-bond acceptors (Lipinski definition) is 3. The summed E-state index contributed by atoms with van der Waals surface area (Å²) >= 11 is 0. The molecule has 2 N–H and O–H groups in total. The highest BCUT2D eigenvalue weighted by Gasteiger charge is 2.32. The lowest BCUT2D eigenvalue weighted by molar-refractivity contribution is -0.137. The molecule has 0 radical (unpaired) electrons. The van der Waals surface area contributed by atoms with Gasteiger partial charge in [0.05, 0.1) is 17.5 Å². The van der Waals surface area contributed by atoms with E-state index in [9.17, 15) is 13.2 Å². The van der Waals surface area contributed by atoms with Crippen LogP contribution in [0, 0.1) is 0 Å². The van der Waals surface area contributed by atoms with Crippen LogP contribution in [0.25, 0.3) is 5.82 Å². The lowest BCUT2D eigenvalue weighted by Gasteiger charge is -2.03. The molecule has 2 heterocycles. The lowest BCUT2D eigenvalue weighted by atomic mass is 10.2. The van der Waals surface area contributed by atoms with E-state index in [4.69, 9.17) is 5.73 Å². The van der Waals surface area contributed by atoms with E-state index in [0.29, 0.717) is 23.6 Å². The van der Waals surface area contributed by atoms with Crippen LogP contribution < -0.4 is 5.73 Å². The predicted molar refractivity (Wildman–Crippen MR) is 63.7 cm³/mol. The van der Waals surface area contributed by atoms with Gasteiger partial charge in [0.2, 0.25) is 0 Å². The maximum atomic E-state index is 12.5. The SMILES string of the molecule is CCCc1nn(C)c(-n2cc(C(F)(F)F)cn2)c1N. The van der Waals surface area contributed by atoms with Crippen molar-refractivity contribution in [1.29, 1.82) is 0 Å². The summed E-state index contributed by atoms with van der Waals surface area (Å²) in [5, 5.41) is 7.90. The van der Waals surface area contributed by atoms with Gasteiger partial charge < -0.3 is 5.73 Å². The molecule has 2 rings (SSSR count). The molecule has 0 spiro atoms. The van der Waals surface area contributed by atoms with Crippen LogP contribution in [0.3, 0.4) is 0 Å². The Bertz CT molecular complexity index is 582. The average molecular weight is 273 g/mol. The minimum atomic E-state index is -4.42. The second-order valence-corrected chi connectivity index (χ2v) is 4.23. The molecule has 0 aromatic carbocycles. The minimum Gasteiger partial charge on any atom is -0.394 e. The predicted octanol–water partition coefficient (Wildman–Crippen LogP) is 2.16. The van der Waals surface area contributed by atoms with Crippen molar-refractivity contribution < 1.29 is 13.2 Å². The van der Waals surface area contributed by atoms with E-state index in [1.54, 1.807) is 7.05 Å². The Kier molecular flexibility index (Phi) is 3.25. The molecule has 0 fully saturated rings. The highest BCUT2D eigenvalue weighted by atomic mass is 19.4. The molecule has 0 atom stereocenters. The smallest absolute Gasteiger partial charge is 0.394 e. The Morgan fingerprint density at radius 2 is 2.05 bits per heavy atom. The van der Waals surface area contributed by atoms with Crippen molar-refractivity contribution in [1.82, 2.24) is 19.6 Å². The van der Waals surface area contributed by atoms with Gasteiger partial charge in [0.1, 0.15) is 5.69 Å². The van der Waals surface area contributed by atoms with Gasteiger partial charge in [-0.1, -0.05) is 13.3 Å².